The van der Waals surface area contributed by atoms with Gasteiger partial charge in [-0.1, -0.05) is 12.1 Å². The Kier molecular flexibility index (Phi) is 3.08. The highest BCUT2D eigenvalue weighted by atomic mass is 32.2. The first kappa shape index (κ1) is 15.0. The molecule has 0 N–H and O–H groups in total. The number of benzene rings is 2. The molecule has 0 saturated carbocycles. The second kappa shape index (κ2) is 5.12. The molecule has 0 unspecified atom stereocenters. The molecule has 3 heterocycles. The van der Waals surface area contributed by atoms with Crippen LogP contribution in [0.15, 0.2) is 47.4 Å². The first-order chi connectivity index (χ1) is 12.1. The van der Waals surface area contributed by atoms with Gasteiger partial charge in [0.2, 0.25) is 10.0 Å². The first-order valence-electron chi connectivity index (χ1n) is 8.29. The minimum Gasteiger partial charge on any atom is -0.493 e. The van der Waals surface area contributed by atoms with Gasteiger partial charge in [0, 0.05) is 19.4 Å². The van der Waals surface area contributed by atoms with Gasteiger partial charge in [-0.15, -0.1) is 0 Å². The summed E-state index contributed by atoms with van der Waals surface area (Å²) >= 11 is 0. The highest BCUT2D eigenvalue weighted by molar-refractivity contribution is 7.89. The molecule has 2 aromatic rings. The van der Waals surface area contributed by atoms with Crippen molar-refractivity contribution in [2.75, 3.05) is 19.7 Å². The number of para-hydroxylation sites is 2. The second-order valence-corrected chi connectivity index (χ2v) is 8.46. The van der Waals surface area contributed by atoms with Crippen LogP contribution in [-0.4, -0.2) is 38.2 Å². The molecular weight excluding hydrogens is 342 g/mol. The molecular formula is C18H17NO5S. The van der Waals surface area contributed by atoms with Crippen molar-refractivity contribution in [1.29, 1.82) is 0 Å². The van der Waals surface area contributed by atoms with Crippen molar-refractivity contribution in [3.05, 3.63) is 48.0 Å². The Labute approximate surface area is 146 Å². The third-order valence-corrected chi connectivity index (χ3v) is 6.74. The summed E-state index contributed by atoms with van der Waals surface area (Å²) in [5, 5.41) is 0. The normalized spacial score (nSPS) is 20.6. The van der Waals surface area contributed by atoms with E-state index in [-0.39, 0.29) is 6.54 Å². The van der Waals surface area contributed by atoms with Crippen molar-refractivity contribution >= 4 is 10.0 Å². The average Bonchev–Trinajstić information content (AvgIpc) is 3.31. The van der Waals surface area contributed by atoms with Crippen molar-refractivity contribution in [2.45, 2.75) is 23.5 Å². The molecule has 1 fully saturated rings. The number of sulfonamides is 1. The lowest BCUT2D eigenvalue weighted by atomic mass is 10.2. The third kappa shape index (κ3) is 2.30. The summed E-state index contributed by atoms with van der Waals surface area (Å²) in [6.45, 7) is 1.15. The van der Waals surface area contributed by atoms with Crippen molar-refractivity contribution in [1.82, 2.24) is 4.31 Å². The third-order valence-electron chi connectivity index (χ3n) is 4.90. The lowest BCUT2D eigenvalue weighted by Gasteiger charge is -2.23. The topological polar surface area (TPSA) is 65.1 Å². The van der Waals surface area contributed by atoms with Crippen LogP contribution in [0.3, 0.4) is 0 Å². The van der Waals surface area contributed by atoms with E-state index in [0.717, 1.165) is 17.7 Å². The van der Waals surface area contributed by atoms with E-state index < -0.39 is 15.8 Å². The number of rotatable bonds is 2. The van der Waals surface area contributed by atoms with E-state index in [9.17, 15) is 8.42 Å². The Morgan fingerprint density at radius 1 is 1.00 bits per heavy atom. The highest BCUT2D eigenvalue weighted by Crippen LogP contribution is 2.44. The quantitative estimate of drug-likeness (QED) is 0.822. The maximum Gasteiger partial charge on any atom is 0.266 e. The number of hydrogen-bond acceptors (Lipinski definition) is 5. The van der Waals surface area contributed by atoms with Gasteiger partial charge in [0.1, 0.15) is 5.75 Å². The van der Waals surface area contributed by atoms with Gasteiger partial charge in [-0.2, -0.15) is 4.31 Å². The molecule has 0 radical (unpaired) electrons. The Morgan fingerprint density at radius 3 is 2.52 bits per heavy atom. The van der Waals surface area contributed by atoms with Crippen LogP contribution in [0.25, 0.3) is 0 Å². The fraction of sp³-hybridized carbons (Fsp3) is 0.333. The summed E-state index contributed by atoms with van der Waals surface area (Å²) < 4.78 is 44.8. The van der Waals surface area contributed by atoms with E-state index in [2.05, 4.69) is 0 Å². The van der Waals surface area contributed by atoms with Gasteiger partial charge in [-0.05, 0) is 35.9 Å². The molecule has 0 atom stereocenters. The summed E-state index contributed by atoms with van der Waals surface area (Å²) in [7, 11) is -3.59. The van der Waals surface area contributed by atoms with E-state index in [1.54, 1.807) is 18.2 Å². The van der Waals surface area contributed by atoms with E-state index >= 15 is 0 Å². The Balaban J connectivity index is 1.41. The molecule has 7 heteroatoms. The Bertz CT molecular complexity index is 931. The molecule has 3 aliphatic rings. The fourth-order valence-corrected chi connectivity index (χ4v) is 5.13. The molecule has 0 aliphatic carbocycles. The molecule has 5 rings (SSSR count). The minimum atomic E-state index is -3.59. The Morgan fingerprint density at radius 2 is 1.76 bits per heavy atom. The van der Waals surface area contributed by atoms with E-state index in [0.29, 0.717) is 36.0 Å². The van der Waals surface area contributed by atoms with Crippen molar-refractivity contribution in [3.8, 4) is 17.2 Å². The van der Waals surface area contributed by atoms with Crippen molar-refractivity contribution < 1.29 is 22.6 Å². The molecule has 130 valence electrons. The molecule has 25 heavy (non-hydrogen) atoms. The molecule has 2 aromatic carbocycles. The molecule has 3 aliphatic heterocycles. The summed E-state index contributed by atoms with van der Waals surface area (Å²) in [5.74, 6) is 1.18. The molecule has 1 spiro atoms. The zero-order valence-electron chi connectivity index (χ0n) is 13.5. The monoisotopic (exact) mass is 359 g/mol. The summed E-state index contributed by atoms with van der Waals surface area (Å²) in [4.78, 5) is 0.296. The van der Waals surface area contributed by atoms with Gasteiger partial charge >= 0.3 is 0 Å². The van der Waals surface area contributed by atoms with E-state index in [1.807, 2.05) is 24.3 Å². The second-order valence-electron chi connectivity index (χ2n) is 6.52. The first-order valence-corrected chi connectivity index (χ1v) is 9.73. The van der Waals surface area contributed by atoms with Gasteiger partial charge in [-0.25, -0.2) is 8.42 Å². The lowest BCUT2D eigenvalue weighted by Crippen LogP contribution is -2.42. The highest BCUT2D eigenvalue weighted by Gasteiger charge is 2.50. The zero-order chi connectivity index (χ0) is 17.1. The van der Waals surface area contributed by atoms with Crippen LogP contribution in [0.5, 0.6) is 17.2 Å². The van der Waals surface area contributed by atoms with Crippen molar-refractivity contribution in [2.24, 2.45) is 0 Å². The van der Waals surface area contributed by atoms with Crippen LogP contribution >= 0.6 is 0 Å². The zero-order valence-corrected chi connectivity index (χ0v) is 14.3. The standard InChI is InChI=1S/C18H17NO5S/c20-25(21,14-5-6-15-13(11-14)7-10-22-15)19-9-8-18(12-19)23-16-3-1-2-4-17(16)24-18/h1-6,11H,7-10,12H2. The smallest absolute Gasteiger partial charge is 0.266 e. The lowest BCUT2D eigenvalue weighted by molar-refractivity contribution is -0.0633. The summed E-state index contributed by atoms with van der Waals surface area (Å²) in [6.07, 6.45) is 1.24. The van der Waals surface area contributed by atoms with E-state index in [4.69, 9.17) is 14.2 Å². The van der Waals surface area contributed by atoms with Gasteiger partial charge < -0.3 is 14.2 Å². The SMILES string of the molecule is O=S(=O)(c1ccc2c(c1)CCO2)N1CCC2(C1)Oc1ccccc1O2. The largest absolute Gasteiger partial charge is 0.493 e. The Hall–Kier alpha value is -2.25. The summed E-state index contributed by atoms with van der Waals surface area (Å²) in [6, 6.07) is 12.5. The molecule has 0 bridgehead atoms. The van der Waals surface area contributed by atoms with Gasteiger partial charge in [0.05, 0.1) is 18.0 Å². The number of ether oxygens (including phenoxy) is 3. The fourth-order valence-electron chi connectivity index (χ4n) is 3.61. The maximum atomic E-state index is 13.0. The minimum absolute atomic E-state index is 0.178. The molecule has 6 nitrogen and oxygen atoms in total. The van der Waals surface area contributed by atoms with Crippen LogP contribution in [0.1, 0.15) is 12.0 Å². The van der Waals surface area contributed by atoms with Crippen LogP contribution in [0.4, 0.5) is 0 Å². The number of fused-ring (bicyclic) bond motifs is 2. The maximum absolute atomic E-state index is 13.0. The number of nitrogens with zero attached hydrogens (tertiary/aromatic N) is 1. The van der Waals surface area contributed by atoms with Crippen molar-refractivity contribution in [3.63, 3.8) is 0 Å². The van der Waals surface area contributed by atoms with E-state index in [1.165, 1.54) is 4.31 Å². The van der Waals surface area contributed by atoms with Crippen LogP contribution < -0.4 is 14.2 Å². The predicted molar refractivity (Wildman–Crippen MR) is 89.4 cm³/mol. The average molecular weight is 359 g/mol. The van der Waals surface area contributed by atoms with Gasteiger partial charge in [-0.3, -0.25) is 0 Å². The summed E-state index contributed by atoms with van der Waals surface area (Å²) in [5.41, 5.74) is 0.941. The number of hydrogen-bond donors (Lipinski definition) is 0. The molecule has 1 saturated heterocycles. The van der Waals surface area contributed by atoms with Crippen LogP contribution in [-0.2, 0) is 16.4 Å². The van der Waals surface area contributed by atoms with Gasteiger partial charge in [0.25, 0.3) is 5.79 Å². The molecule has 0 aromatic heterocycles. The molecule has 0 amide bonds. The predicted octanol–water partition coefficient (Wildman–Crippen LogP) is 2.18. The van der Waals surface area contributed by atoms with Crippen LogP contribution in [0, 0.1) is 0 Å². The van der Waals surface area contributed by atoms with Crippen LogP contribution in [0.2, 0.25) is 0 Å². The van der Waals surface area contributed by atoms with Gasteiger partial charge in [0.15, 0.2) is 11.5 Å².